The minimum atomic E-state index is -0.697. The van der Waals surface area contributed by atoms with Crippen molar-refractivity contribution >= 4 is 40.7 Å². The number of amides is 1. The number of hydrogen-bond donors (Lipinski definition) is 3. The van der Waals surface area contributed by atoms with Gasteiger partial charge in [0.1, 0.15) is 11.8 Å². The summed E-state index contributed by atoms with van der Waals surface area (Å²) in [5, 5.41) is 21.1. The van der Waals surface area contributed by atoms with E-state index in [2.05, 4.69) is 25.7 Å². The standard InChI is InChI=1S/C24H18Cl2N6O2/c1-13-19(23(34)29-15-4-3-11-27-12-15)21(17-5-2-6-18(25)20(17)26)32-24(28-13)30-22(31-32)14-7-9-16(33)10-8-14/h2-12,21,33H,1H3,(H,29,34)(H,28,30,31). The van der Waals surface area contributed by atoms with Crippen LogP contribution in [0.5, 0.6) is 5.75 Å². The summed E-state index contributed by atoms with van der Waals surface area (Å²) >= 11 is 12.9. The van der Waals surface area contributed by atoms with Gasteiger partial charge in [0.2, 0.25) is 5.95 Å². The highest BCUT2D eigenvalue weighted by atomic mass is 35.5. The molecule has 0 radical (unpaired) electrons. The van der Waals surface area contributed by atoms with Gasteiger partial charge in [0.25, 0.3) is 5.91 Å². The molecule has 1 atom stereocenters. The number of fused-ring (bicyclic) bond motifs is 1. The molecule has 10 heteroatoms. The molecule has 0 aliphatic carbocycles. The van der Waals surface area contributed by atoms with Gasteiger partial charge in [-0.1, -0.05) is 35.3 Å². The molecule has 0 fully saturated rings. The number of hydrogen-bond acceptors (Lipinski definition) is 6. The molecule has 1 aliphatic heterocycles. The molecular weight excluding hydrogens is 475 g/mol. The quantitative estimate of drug-likeness (QED) is 0.357. The number of pyridine rings is 1. The monoisotopic (exact) mass is 492 g/mol. The summed E-state index contributed by atoms with van der Waals surface area (Å²) < 4.78 is 1.62. The van der Waals surface area contributed by atoms with Crippen LogP contribution in [0.3, 0.4) is 0 Å². The summed E-state index contributed by atoms with van der Waals surface area (Å²) in [6, 6.07) is 14.6. The first-order chi connectivity index (χ1) is 16.4. The fraction of sp³-hybridized carbons (Fsp3) is 0.0833. The summed E-state index contributed by atoms with van der Waals surface area (Å²) in [6.07, 6.45) is 3.19. The van der Waals surface area contributed by atoms with Gasteiger partial charge in [0, 0.05) is 23.0 Å². The SMILES string of the molecule is CC1=C(C(=O)Nc2cccnc2)C(c2cccc(Cl)c2Cl)n2nc(-c3ccc(O)cc3)nc2N1. The Morgan fingerprint density at radius 2 is 1.91 bits per heavy atom. The second-order valence-corrected chi connectivity index (χ2v) is 8.44. The van der Waals surface area contributed by atoms with Crippen molar-refractivity contribution in [2.45, 2.75) is 13.0 Å². The van der Waals surface area contributed by atoms with E-state index in [0.717, 1.165) is 0 Å². The number of phenols is 1. The van der Waals surface area contributed by atoms with Crippen molar-refractivity contribution in [2.24, 2.45) is 0 Å². The third-order valence-electron chi connectivity index (χ3n) is 5.42. The van der Waals surface area contributed by atoms with Crippen LogP contribution < -0.4 is 10.6 Å². The van der Waals surface area contributed by atoms with Crippen LogP contribution in [-0.2, 0) is 4.79 Å². The number of aromatic nitrogens is 4. The minimum absolute atomic E-state index is 0.140. The molecule has 2 aromatic carbocycles. The lowest BCUT2D eigenvalue weighted by molar-refractivity contribution is -0.113. The van der Waals surface area contributed by atoms with Crippen LogP contribution in [0.25, 0.3) is 11.4 Å². The van der Waals surface area contributed by atoms with Crippen LogP contribution in [0.2, 0.25) is 10.0 Å². The molecule has 1 amide bonds. The molecule has 3 N–H and O–H groups in total. The highest BCUT2D eigenvalue weighted by molar-refractivity contribution is 6.42. The van der Waals surface area contributed by atoms with Crippen LogP contribution in [0.15, 0.2) is 78.3 Å². The first-order valence-corrected chi connectivity index (χ1v) is 11.1. The topological polar surface area (TPSA) is 105 Å². The molecule has 34 heavy (non-hydrogen) atoms. The maximum atomic E-state index is 13.5. The van der Waals surface area contributed by atoms with Gasteiger partial charge in [-0.05, 0) is 49.4 Å². The summed E-state index contributed by atoms with van der Waals surface area (Å²) in [5.41, 5.74) is 2.87. The number of carbonyl (C=O) groups excluding carboxylic acids is 1. The Balaban J connectivity index is 1.64. The van der Waals surface area contributed by atoms with Crippen molar-refractivity contribution in [1.82, 2.24) is 19.7 Å². The molecular formula is C24H18Cl2N6O2. The van der Waals surface area contributed by atoms with Gasteiger partial charge < -0.3 is 15.7 Å². The van der Waals surface area contributed by atoms with Crippen molar-refractivity contribution in [1.29, 1.82) is 0 Å². The molecule has 4 aromatic rings. The molecule has 0 spiro atoms. The zero-order valence-corrected chi connectivity index (χ0v) is 19.3. The Morgan fingerprint density at radius 1 is 1.12 bits per heavy atom. The third kappa shape index (κ3) is 3.98. The molecule has 0 saturated heterocycles. The van der Waals surface area contributed by atoms with Gasteiger partial charge in [0.15, 0.2) is 5.82 Å². The second-order valence-electron chi connectivity index (χ2n) is 7.66. The number of halogens is 2. The fourth-order valence-corrected chi connectivity index (χ4v) is 4.24. The summed E-state index contributed by atoms with van der Waals surface area (Å²) in [7, 11) is 0. The van der Waals surface area contributed by atoms with E-state index in [4.69, 9.17) is 23.2 Å². The van der Waals surface area contributed by atoms with Crippen LogP contribution in [0.4, 0.5) is 11.6 Å². The molecule has 5 rings (SSSR count). The first-order valence-electron chi connectivity index (χ1n) is 10.3. The van der Waals surface area contributed by atoms with E-state index in [1.165, 1.54) is 0 Å². The minimum Gasteiger partial charge on any atom is -0.508 e. The van der Waals surface area contributed by atoms with Gasteiger partial charge in [-0.25, -0.2) is 4.68 Å². The molecule has 2 aromatic heterocycles. The van der Waals surface area contributed by atoms with E-state index in [0.29, 0.717) is 49.9 Å². The maximum Gasteiger partial charge on any atom is 0.255 e. The van der Waals surface area contributed by atoms with Crippen LogP contribution in [0, 0.1) is 0 Å². The highest BCUT2D eigenvalue weighted by Crippen LogP contribution is 2.41. The van der Waals surface area contributed by atoms with Crippen molar-refractivity contribution < 1.29 is 9.90 Å². The van der Waals surface area contributed by atoms with Crippen molar-refractivity contribution in [3.63, 3.8) is 0 Å². The fourth-order valence-electron chi connectivity index (χ4n) is 3.83. The predicted octanol–water partition coefficient (Wildman–Crippen LogP) is 5.28. The summed E-state index contributed by atoms with van der Waals surface area (Å²) in [6.45, 7) is 1.79. The van der Waals surface area contributed by atoms with E-state index in [-0.39, 0.29) is 11.7 Å². The van der Waals surface area contributed by atoms with Gasteiger partial charge in [-0.2, -0.15) is 4.98 Å². The molecule has 1 unspecified atom stereocenters. The van der Waals surface area contributed by atoms with E-state index in [1.54, 1.807) is 78.6 Å². The largest absolute Gasteiger partial charge is 0.508 e. The number of allylic oxidation sites excluding steroid dienone is 1. The first kappa shape index (κ1) is 21.9. The highest BCUT2D eigenvalue weighted by Gasteiger charge is 2.36. The lowest BCUT2D eigenvalue weighted by Gasteiger charge is -2.29. The third-order valence-corrected chi connectivity index (χ3v) is 6.25. The molecule has 0 bridgehead atoms. The molecule has 3 heterocycles. The molecule has 1 aliphatic rings. The van der Waals surface area contributed by atoms with Gasteiger partial charge in [-0.15, -0.1) is 5.10 Å². The number of rotatable bonds is 4. The van der Waals surface area contributed by atoms with Gasteiger partial charge in [-0.3, -0.25) is 9.78 Å². The Bertz CT molecular complexity index is 1420. The second kappa shape index (κ2) is 8.81. The number of benzene rings is 2. The van der Waals surface area contributed by atoms with E-state index < -0.39 is 6.04 Å². The zero-order valence-electron chi connectivity index (χ0n) is 17.8. The Hall–Kier alpha value is -3.88. The average Bonchev–Trinajstić information content (AvgIpc) is 3.25. The number of carbonyl (C=O) groups is 1. The number of nitrogens with zero attached hydrogens (tertiary/aromatic N) is 4. The predicted molar refractivity (Wildman–Crippen MR) is 131 cm³/mol. The van der Waals surface area contributed by atoms with Crippen molar-refractivity contribution in [3.05, 3.63) is 93.9 Å². The lowest BCUT2D eigenvalue weighted by Crippen LogP contribution is -2.31. The maximum absolute atomic E-state index is 13.5. The Morgan fingerprint density at radius 3 is 2.65 bits per heavy atom. The average molecular weight is 493 g/mol. The van der Waals surface area contributed by atoms with Crippen LogP contribution in [-0.4, -0.2) is 30.8 Å². The van der Waals surface area contributed by atoms with Crippen molar-refractivity contribution in [3.8, 4) is 17.1 Å². The smallest absolute Gasteiger partial charge is 0.255 e. The van der Waals surface area contributed by atoms with Gasteiger partial charge in [0.05, 0.1) is 27.5 Å². The lowest BCUT2D eigenvalue weighted by atomic mass is 9.95. The number of anilines is 2. The number of phenolic OH excluding ortho intramolecular Hbond substituents is 1. The molecule has 8 nitrogen and oxygen atoms in total. The Labute approximate surface area is 204 Å². The summed E-state index contributed by atoms with van der Waals surface area (Å²) in [4.78, 5) is 22.1. The molecule has 170 valence electrons. The zero-order chi connectivity index (χ0) is 23.8. The Kier molecular flexibility index (Phi) is 5.69. The number of aromatic hydroxyl groups is 1. The van der Waals surface area contributed by atoms with E-state index >= 15 is 0 Å². The van der Waals surface area contributed by atoms with Crippen LogP contribution >= 0.6 is 23.2 Å². The van der Waals surface area contributed by atoms with E-state index in [9.17, 15) is 9.90 Å². The van der Waals surface area contributed by atoms with E-state index in [1.807, 2.05) is 0 Å². The number of nitrogens with one attached hydrogen (secondary N) is 2. The normalized spacial score (nSPS) is 15.0. The summed E-state index contributed by atoms with van der Waals surface area (Å²) in [5.74, 6) is 0.666. The van der Waals surface area contributed by atoms with Gasteiger partial charge >= 0.3 is 0 Å². The molecule has 0 saturated carbocycles. The van der Waals surface area contributed by atoms with Crippen LogP contribution in [0.1, 0.15) is 18.5 Å². The van der Waals surface area contributed by atoms with Crippen molar-refractivity contribution in [2.75, 3.05) is 10.6 Å².